The molecule has 2 aliphatic rings. The van der Waals surface area contributed by atoms with Crippen LogP contribution in [0.4, 0.5) is 0 Å². The fourth-order valence-electron chi connectivity index (χ4n) is 3.26. The van der Waals surface area contributed by atoms with Crippen LogP contribution >= 0.6 is 0 Å². The van der Waals surface area contributed by atoms with Gasteiger partial charge < -0.3 is 14.6 Å². The molecule has 1 N–H and O–H groups in total. The summed E-state index contributed by atoms with van der Waals surface area (Å²) in [6.45, 7) is 1.54. The molecule has 144 valence electrons. The van der Waals surface area contributed by atoms with Gasteiger partial charge in [0.1, 0.15) is 12.3 Å². The Kier molecular flexibility index (Phi) is 6.05. The topological polar surface area (TPSA) is 99.9 Å². The molecule has 2 saturated heterocycles. The molecule has 2 aliphatic heterocycles. The first-order valence-corrected chi connectivity index (χ1v) is 9.13. The summed E-state index contributed by atoms with van der Waals surface area (Å²) in [6, 6.07) is 3.54. The molecular weight excluding hydrogens is 350 g/mol. The third-order valence-corrected chi connectivity index (χ3v) is 4.90. The molecule has 3 rings (SSSR count). The largest absolute Gasteiger partial charge is 0.465 e. The number of imide groups is 1. The Morgan fingerprint density at radius 3 is 2.52 bits per heavy atom. The zero-order valence-electron chi connectivity index (χ0n) is 15.1. The van der Waals surface area contributed by atoms with E-state index in [-0.39, 0.29) is 48.9 Å². The van der Waals surface area contributed by atoms with Crippen molar-refractivity contribution in [2.24, 2.45) is 5.92 Å². The van der Waals surface area contributed by atoms with Crippen LogP contribution in [0.5, 0.6) is 0 Å². The molecule has 4 amide bonds. The van der Waals surface area contributed by atoms with Crippen molar-refractivity contribution in [3.63, 3.8) is 0 Å². The molecule has 1 aromatic rings. The summed E-state index contributed by atoms with van der Waals surface area (Å²) in [6.07, 6.45) is 6.67. The van der Waals surface area contributed by atoms with Gasteiger partial charge in [-0.25, -0.2) is 0 Å². The van der Waals surface area contributed by atoms with E-state index in [1.807, 2.05) is 0 Å². The first-order chi connectivity index (χ1) is 13.0. The van der Waals surface area contributed by atoms with Crippen molar-refractivity contribution < 1.29 is 23.6 Å². The Labute approximate surface area is 157 Å². The summed E-state index contributed by atoms with van der Waals surface area (Å²) in [5.41, 5.74) is 0. The number of furan rings is 1. The van der Waals surface area contributed by atoms with Gasteiger partial charge >= 0.3 is 0 Å². The highest BCUT2D eigenvalue weighted by Crippen LogP contribution is 2.17. The highest BCUT2D eigenvalue weighted by atomic mass is 16.3. The van der Waals surface area contributed by atoms with Gasteiger partial charge in [0.05, 0.1) is 6.26 Å². The first kappa shape index (κ1) is 18.9. The summed E-state index contributed by atoms with van der Waals surface area (Å²) < 4.78 is 5.16. The Morgan fingerprint density at radius 1 is 1.19 bits per heavy atom. The van der Waals surface area contributed by atoms with Gasteiger partial charge in [-0.15, -0.1) is 0 Å². The average molecular weight is 373 g/mol. The van der Waals surface area contributed by atoms with E-state index in [0.29, 0.717) is 25.4 Å². The molecule has 3 heterocycles. The number of amides is 4. The minimum Gasteiger partial charge on any atom is -0.465 e. The average Bonchev–Trinajstić information content (AvgIpc) is 3.30. The monoisotopic (exact) mass is 373 g/mol. The maximum atomic E-state index is 12.2. The van der Waals surface area contributed by atoms with Crippen molar-refractivity contribution >= 4 is 29.7 Å². The number of carbonyl (C=O) groups excluding carboxylic acids is 4. The van der Waals surface area contributed by atoms with Crippen LogP contribution in [-0.2, 0) is 19.2 Å². The lowest BCUT2D eigenvalue weighted by Gasteiger charge is -2.31. The Balaban J connectivity index is 1.36. The zero-order chi connectivity index (χ0) is 19.2. The SMILES string of the molecule is O=C(CN1C(=O)CCC1=O)NCC1CCN(C(=O)/C=C/c2ccco2)CC1. The maximum absolute atomic E-state index is 12.2. The smallest absolute Gasteiger partial charge is 0.246 e. The van der Waals surface area contributed by atoms with Crippen LogP contribution < -0.4 is 5.32 Å². The molecule has 0 atom stereocenters. The molecule has 8 heteroatoms. The molecule has 0 bridgehead atoms. The molecule has 1 aromatic heterocycles. The molecule has 2 fully saturated rings. The predicted octanol–water partition coefficient (Wildman–Crippen LogP) is 0.797. The third-order valence-electron chi connectivity index (χ3n) is 4.90. The lowest BCUT2D eigenvalue weighted by Crippen LogP contribution is -2.44. The quantitative estimate of drug-likeness (QED) is 0.587. The second-order valence-electron chi connectivity index (χ2n) is 6.80. The molecule has 0 aromatic carbocycles. The maximum Gasteiger partial charge on any atom is 0.246 e. The minimum atomic E-state index is -0.321. The number of nitrogens with zero attached hydrogens (tertiary/aromatic N) is 2. The number of piperidine rings is 1. The first-order valence-electron chi connectivity index (χ1n) is 9.13. The molecule has 27 heavy (non-hydrogen) atoms. The van der Waals surface area contributed by atoms with Crippen LogP contribution in [0.2, 0.25) is 0 Å². The van der Waals surface area contributed by atoms with E-state index < -0.39 is 0 Å². The lowest BCUT2D eigenvalue weighted by molar-refractivity contribution is -0.142. The molecule has 0 radical (unpaired) electrons. The molecule has 0 unspecified atom stereocenters. The van der Waals surface area contributed by atoms with Crippen LogP contribution in [0.3, 0.4) is 0 Å². The van der Waals surface area contributed by atoms with E-state index in [9.17, 15) is 19.2 Å². The number of nitrogens with one attached hydrogen (secondary N) is 1. The number of rotatable bonds is 6. The Morgan fingerprint density at radius 2 is 1.89 bits per heavy atom. The number of hydrogen-bond acceptors (Lipinski definition) is 5. The van der Waals surface area contributed by atoms with Crippen molar-refractivity contribution in [3.05, 3.63) is 30.2 Å². The van der Waals surface area contributed by atoms with Gasteiger partial charge in [-0.05, 0) is 37.0 Å². The van der Waals surface area contributed by atoms with E-state index in [1.54, 1.807) is 29.4 Å². The predicted molar refractivity (Wildman–Crippen MR) is 96.0 cm³/mol. The summed E-state index contributed by atoms with van der Waals surface area (Å²) in [4.78, 5) is 50.0. The Bertz CT molecular complexity index is 717. The highest BCUT2D eigenvalue weighted by molar-refractivity contribution is 6.04. The van der Waals surface area contributed by atoms with Gasteiger partial charge in [-0.3, -0.25) is 24.1 Å². The fraction of sp³-hybridized carbons (Fsp3) is 0.474. The van der Waals surface area contributed by atoms with E-state index in [1.165, 1.54) is 6.08 Å². The summed E-state index contributed by atoms with van der Waals surface area (Å²) in [7, 11) is 0. The van der Waals surface area contributed by atoms with E-state index >= 15 is 0 Å². The van der Waals surface area contributed by atoms with Crippen LogP contribution in [0.1, 0.15) is 31.4 Å². The number of hydrogen-bond donors (Lipinski definition) is 1. The highest BCUT2D eigenvalue weighted by Gasteiger charge is 2.30. The zero-order valence-corrected chi connectivity index (χ0v) is 15.1. The van der Waals surface area contributed by atoms with Gasteiger partial charge in [0, 0.05) is 38.6 Å². The summed E-state index contributed by atoms with van der Waals surface area (Å²) >= 11 is 0. The molecule has 0 saturated carbocycles. The van der Waals surface area contributed by atoms with Gasteiger partial charge in [0.15, 0.2) is 0 Å². The number of carbonyl (C=O) groups is 4. The standard InChI is InChI=1S/C19H23N3O5/c23-16(13-22-18(25)5-6-19(22)26)20-12-14-7-9-21(10-8-14)17(24)4-3-15-2-1-11-27-15/h1-4,11,14H,5-10,12-13H2,(H,20,23)/b4-3+. The van der Waals surface area contributed by atoms with Crippen LogP contribution in [0.25, 0.3) is 6.08 Å². The van der Waals surface area contributed by atoms with Crippen molar-refractivity contribution in [2.75, 3.05) is 26.2 Å². The normalized spacial score (nSPS) is 18.5. The van der Waals surface area contributed by atoms with Gasteiger partial charge in [-0.2, -0.15) is 0 Å². The van der Waals surface area contributed by atoms with E-state index in [4.69, 9.17) is 4.42 Å². The molecule has 8 nitrogen and oxygen atoms in total. The van der Waals surface area contributed by atoms with Crippen LogP contribution in [-0.4, -0.2) is 59.6 Å². The fourth-order valence-corrected chi connectivity index (χ4v) is 3.26. The van der Waals surface area contributed by atoms with E-state index in [2.05, 4.69) is 5.32 Å². The number of likely N-dealkylation sites (tertiary alicyclic amines) is 2. The van der Waals surface area contributed by atoms with Gasteiger partial charge in [0.25, 0.3) is 0 Å². The second kappa shape index (κ2) is 8.66. The summed E-state index contributed by atoms with van der Waals surface area (Å²) in [5, 5.41) is 2.79. The van der Waals surface area contributed by atoms with Crippen molar-refractivity contribution in [2.45, 2.75) is 25.7 Å². The van der Waals surface area contributed by atoms with Crippen LogP contribution in [0.15, 0.2) is 28.9 Å². The van der Waals surface area contributed by atoms with Crippen molar-refractivity contribution in [1.29, 1.82) is 0 Å². The molecule has 0 spiro atoms. The van der Waals surface area contributed by atoms with E-state index in [0.717, 1.165) is 17.7 Å². The van der Waals surface area contributed by atoms with Crippen LogP contribution in [0, 0.1) is 5.92 Å². The van der Waals surface area contributed by atoms with Gasteiger partial charge in [-0.1, -0.05) is 0 Å². The second-order valence-corrected chi connectivity index (χ2v) is 6.80. The Hall–Kier alpha value is -2.90. The lowest BCUT2D eigenvalue weighted by atomic mass is 9.96. The molecular formula is C19H23N3O5. The molecule has 0 aliphatic carbocycles. The van der Waals surface area contributed by atoms with Crippen molar-refractivity contribution in [3.8, 4) is 0 Å². The van der Waals surface area contributed by atoms with Crippen molar-refractivity contribution in [1.82, 2.24) is 15.1 Å². The van der Waals surface area contributed by atoms with Gasteiger partial charge in [0.2, 0.25) is 23.6 Å². The minimum absolute atomic E-state index is 0.0556. The third kappa shape index (κ3) is 5.06. The summed E-state index contributed by atoms with van der Waals surface area (Å²) in [5.74, 6) is -0.0412.